The molecule has 36 heavy (non-hydrogen) atoms. The Bertz CT molecular complexity index is 1490. The number of hydrogen-bond donors (Lipinski definition) is 0. The first-order valence-electron chi connectivity index (χ1n) is 12.5. The molecule has 5 aromatic rings. The van der Waals surface area contributed by atoms with E-state index in [1.54, 1.807) is 0 Å². The quantitative estimate of drug-likeness (QED) is 0.172. The lowest BCUT2D eigenvalue weighted by atomic mass is 9.89. The Balaban J connectivity index is 1.86. The lowest BCUT2D eigenvalue weighted by Crippen LogP contribution is -2.05. The maximum absolute atomic E-state index is 5.87. The first-order valence-corrected chi connectivity index (χ1v) is 15.1. The zero-order valence-corrected chi connectivity index (χ0v) is 24.1. The van der Waals surface area contributed by atoms with Gasteiger partial charge in [0, 0.05) is 23.3 Å². The second-order valence-corrected chi connectivity index (χ2v) is 11.5. The predicted octanol–water partition coefficient (Wildman–Crippen LogP) is 5.94. The van der Waals surface area contributed by atoms with Gasteiger partial charge in [-0.3, -0.25) is 0 Å². The van der Waals surface area contributed by atoms with Crippen LogP contribution in [0.3, 0.4) is 0 Å². The van der Waals surface area contributed by atoms with Gasteiger partial charge in [0.25, 0.3) is 0 Å². The second-order valence-electron chi connectivity index (χ2n) is 9.56. The molecule has 5 aromatic carbocycles. The van der Waals surface area contributed by atoms with Crippen molar-refractivity contribution in [1.82, 2.24) is 0 Å². The van der Waals surface area contributed by atoms with Crippen molar-refractivity contribution in [2.75, 3.05) is 0 Å². The highest BCUT2D eigenvalue weighted by molar-refractivity contribution is 6.39. The minimum atomic E-state index is -0.929. The van der Waals surface area contributed by atoms with Crippen molar-refractivity contribution in [3.8, 4) is 22.9 Å². The molecule has 0 aliphatic heterocycles. The molecule has 0 bridgehead atoms. The normalized spacial score (nSPS) is 11.9. The number of rotatable bonds is 4. The van der Waals surface area contributed by atoms with Crippen molar-refractivity contribution in [2.24, 2.45) is 0 Å². The van der Waals surface area contributed by atoms with Crippen molar-refractivity contribution in [2.45, 2.75) is 39.9 Å². The Hall–Kier alpha value is -3.39. The zero-order valence-electron chi connectivity index (χ0n) is 21.3. The average Bonchev–Trinajstić information content (AvgIpc) is 2.87. The summed E-state index contributed by atoms with van der Waals surface area (Å²) in [7, 11) is -1.86. The van der Waals surface area contributed by atoms with Crippen LogP contribution in [0.2, 0.25) is 0 Å². The third-order valence-electron chi connectivity index (χ3n) is 6.25. The highest BCUT2D eigenvalue weighted by Crippen LogP contribution is 2.37. The Morgan fingerprint density at radius 1 is 0.528 bits per heavy atom. The lowest BCUT2D eigenvalue weighted by Gasteiger charge is -2.14. The summed E-state index contributed by atoms with van der Waals surface area (Å²) < 4.78 is 11.7. The molecule has 0 amide bonds. The molecule has 0 fully saturated rings. The summed E-state index contributed by atoms with van der Waals surface area (Å²) in [6.45, 7) is 8.27. The van der Waals surface area contributed by atoms with Crippen LogP contribution in [-0.2, 0) is 8.85 Å². The molecule has 0 N–H and O–H groups in total. The minimum absolute atomic E-state index is 0.210. The number of benzene rings is 5. The SMILES string of the molecule is CC(C)O[SiH2]C#Cc1c2cc3ccccc3cc2c(C#C[SiH2]OC(C)C)c2cc3ccccc3cc12. The molecular formula is C32H30O2Si2. The number of hydrogen-bond acceptors (Lipinski definition) is 2. The van der Waals surface area contributed by atoms with E-state index in [2.05, 4.69) is 123 Å². The van der Waals surface area contributed by atoms with Gasteiger partial charge in [-0.15, -0.1) is 0 Å². The molecule has 0 aromatic heterocycles. The van der Waals surface area contributed by atoms with Crippen LogP contribution in [0, 0.1) is 22.9 Å². The Kier molecular flexibility index (Phi) is 7.23. The molecular weight excluding hydrogens is 473 g/mol. The molecule has 0 saturated heterocycles. The van der Waals surface area contributed by atoms with E-state index in [9.17, 15) is 0 Å². The fourth-order valence-corrected chi connectivity index (χ4v) is 5.86. The van der Waals surface area contributed by atoms with Crippen molar-refractivity contribution in [3.05, 3.63) is 83.9 Å². The van der Waals surface area contributed by atoms with Crippen LogP contribution in [0.5, 0.6) is 0 Å². The molecule has 0 spiro atoms. The molecule has 0 saturated carbocycles. The largest absolute Gasteiger partial charge is 0.408 e. The van der Waals surface area contributed by atoms with Gasteiger partial charge < -0.3 is 8.85 Å². The van der Waals surface area contributed by atoms with E-state index >= 15 is 0 Å². The fraction of sp³-hybridized carbons (Fsp3) is 0.188. The van der Waals surface area contributed by atoms with Gasteiger partial charge >= 0.3 is 0 Å². The maximum atomic E-state index is 5.87. The third kappa shape index (κ3) is 5.09. The van der Waals surface area contributed by atoms with Gasteiger partial charge in [-0.25, -0.2) is 0 Å². The van der Waals surface area contributed by atoms with Gasteiger partial charge in [-0.05, 0) is 95.1 Å². The van der Waals surface area contributed by atoms with Crippen molar-refractivity contribution >= 4 is 62.6 Å². The molecule has 0 radical (unpaired) electrons. The van der Waals surface area contributed by atoms with Gasteiger partial charge in [-0.2, -0.15) is 0 Å². The summed E-state index contributed by atoms with van der Waals surface area (Å²) in [5.41, 5.74) is 8.96. The third-order valence-corrected chi connectivity index (χ3v) is 8.56. The van der Waals surface area contributed by atoms with E-state index in [0.29, 0.717) is 0 Å². The molecule has 0 unspecified atom stereocenters. The summed E-state index contributed by atoms with van der Waals surface area (Å²) in [5.74, 6) is 7.09. The topological polar surface area (TPSA) is 18.5 Å². The molecule has 0 aliphatic carbocycles. The smallest absolute Gasteiger partial charge is 0.241 e. The molecule has 4 heteroatoms. The first kappa shape index (κ1) is 24.3. The fourth-order valence-electron chi connectivity index (χ4n) is 4.53. The summed E-state index contributed by atoms with van der Waals surface area (Å²) in [4.78, 5) is 0. The van der Waals surface area contributed by atoms with Gasteiger partial charge in [0.1, 0.15) is 0 Å². The standard InChI is InChI=1S/C32H30O2Si2/c1-21(2)33-35-15-13-27-29-17-23-9-5-7-11-25(23)19-31(29)28(14-16-36-34-22(3)4)32-20-26-12-8-6-10-24(26)18-30(27)32/h5-12,17-22H,35-36H2,1-4H3. The minimum Gasteiger partial charge on any atom is -0.408 e. The second kappa shape index (κ2) is 10.7. The van der Waals surface area contributed by atoms with Crippen LogP contribution in [0.15, 0.2) is 72.8 Å². The molecule has 2 nitrogen and oxygen atoms in total. The van der Waals surface area contributed by atoms with E-state index in [1.807, 2.05) is 0 Å². The van der Waals surface area contributed by atoms with Crippen LogP contribution in [0.1, 0.15) is 38.8 Å². The van der Waals surface area contributed by atoms with Crippen LogP contribution < -0.4 is 0 Å². The molecule has 5 rings (SSSR count). The Labute approximate surface area is 217 Å². The van der Waals surface area contributed by atoms with Crippen molar-refractivity contribution in [1.29, 1.82) is 0 Å². The monoisotopic (exact) mass is 502 g/mol. The van der Waals surface area contributed by atoms with Crippen LogP contribution >= 0.6 is 0 Å². The maximum Gasteiger partial charge on any atom is 0.241 e. The highest BCUT2D eigenvalue weighted by atomic mass is 28.2. The summed E-state index contributed by atoms with van der Waals surface area (Å²) in [6.07, 6.45) is 0.421. The predicted molar refractivity (Wildman–Crippen MR) is 160 cm³/mol. The van der Waals surface area contributed by atoms with Crippen LogP contribution in [-0.4, -0.2) is 31.7 Å². The highest BCUT2D eigenvalue weighted by Gasteiger charge is 2.14. The van der Waals surface area contributed by atoms with Crippen LogP contribution in [0.25, 0.3) is 43.1 Å². The van der Waals surface area contributed by atoms with Crippen LogP contribution in [0.4, 0.5) is 0 Å². The summed E-state index contributed by atoms with van der Waals surface area (Å²) in [6, 6.07) is 26.2. The van der Waals surface area contributed by atoms with Gasteiger partial charge in [0.2, 0.25) is 19.5 Å². The zero-order chi connectivity index (χ0) is 25.1. The lowest BCUT2D eigenvalue weighted by molar-refractivity contribution is 0.260. The van der Waals surface area contributed by atoms with E-state index in [0.717, 1.165) is 32.7 Å². The van der Waals surface area contributed by atoms with Crippen molar-refractivity contribution in [3.63, 3.8) is 0 Å². The van der Waals surface area contributed by atoms with Gasteiger partial charge in [-0.1, -0.05) is 71.5 Å². The molecule has 0 aliphatic rings. The van der Waals surface area contributed by atoms with E-state index in [-0.39, 0.29) is 12.2 Å². The Morgan fingerprint density at radius 2 is 0.833 bits per heavy atom. The van der Waals surface area contributed by atoms with E-state index < -0.39 is 19.5 Å². The van der Waals surface area contributed by atoms with E-state index in [1.165, 1.54) is 21.5 Å². The van der Waals surface area contributed by atoms with Gasteiger partial charge in [0.15, 0.2) is 0 Å². The van der Waals surface area contributed by atoms with E-state index in [4.69, 9.17) is 8.85 Å². The average molecular weight is 503 g/mol. The molecule has 0 heterocycles. The molecule has 178 valence electrons. The van der Waals surface area contributed by atoms with Gasteiger partial charge in [0.05, 0.1) is 0 Å². The number of fused-ring (bicyclic) bond motifs is 4. The molecule has 0 atom stereocenters. The Morgan fingerprint density at radius 3 is 1.11 bits per heavy atom. The first-order chi connectivity index (χ1) is 17.5. The summed E-state index contributed by atoms with van der Waals surface area (Å²) in [5, 5.41) is 9.44. The van der Waals surface area contributed by atoms with Crippen molar-refractivity contribution < 1.29 is 8.85 Å². The summed E-state index contributed by atoms with van der Waals surface area (Å²) >= 11 is 0.